The van der Waals surface area contributed by atoms with E-state index < -0.39 is 12.3 Å². The number of hydrogen-bond acceptors (Lipinski definition) is 2. The lowest BCUT2D eigenvalue weighted by atomic mass is 9.95. The fourth-order valence-corrected chi connectivity index (χ4v) is 1.39. The topological polar surface area (TPSA) is 66.6 Å². The van der Waals surface area contributed by atoms with Crippen LogP contribution < -0.4 is 5.73 Å². The maximum atomic E-state index is 13.1. The minimum Gasteiger partial charge on any atom is -0.465 e. The molecule has 5 heteroatoms. The second-order valence-corrected chi connectivity index (χ2v) is 3.03. The Hall–Kier alpha value is -0.840. The highest BCUT2D eigenvalue weighted by Gasteiger charge is 2.30. The third-order valence-electron chi connectivity index (χ3n) is 2.25. The van der Waals surface area contributed by atoms with E-state index in [-0.39, 0.29) is 12.5 Å². The molecule has 0 radical (unpaired) electrons. The highest BCUT2D eigenvalue weighted by Crippen LogP contribution is 2.19. The number of carbonyl (C=O) groups is 1. The van der Waals surface area contributed by atoms with E-state index in [0.717, 1.165) is 4.90 Å². The molecule has 0 aromatic heterocycles. The molecule has 0 saturated carbocycles. The summed E-state index contributed by atoms with van der Waals surface area (Å²) in [5.74, 6) is -0.166. The molecule has 1 saturated heterocycles. The quantitative estimate of drug-likeness (QED) is 0.603. The number of nitrogens with zero attached hydrogens (tertiary/aromatic N) is 1. The summed E-state index contributed by atoms with van der Waals surface area (Å²) in [7, 11) is 0. The van der Waals surface area contributed by atoms with Crippen LogP contribution in [0.1, 0.15) is 6.42 Å². The standard InChI is InChI=1S/C7H13FN2O2/c8-6-4-10(7(11)12)2-1-5(6)3-9/h5-6H,1-4,9H2,(H,11,12)/t5-,6-/m1/s1. The van der Waals surface area contributed by atoms with Crippen LogP contribution in [0.2, 0.25) is 0 Å². The van der Waals surface area contributed by atoms with Gasteiger partial charge in [-0.05, 0) is 13.0 Å². The van der Waals surface area contributed by atoms with Crippen LogP contribution in [0.4, 0.5) is 9.18 Å². The number of piperidine rings is 1. The van der Waals surface area contributed by atoms with Crippen LogP contribution in [0, 0.1) is 5.92 Å². The Bertz CT molecular complexity index is 177. The number of halogens is 1. The molecule has 1 fully saturated rings. The largest absolute Gasteiger partial charge is 0.465 e. The average molecular weight is 176 g/mol. The highest BCUT2D eigenvalue weighted by molar-refractivity contribution is 5.65. The number of rotatable bonds is 1. The zero-order chi connectivity index (χ0) is 9.14. The van der Waals surface area contributed by atoms with Gasteiger partial charge in [-0.3, -0.25) is 0 Å². The van der Waals surface area contributed by atoms with E-state index in [1.54, 1.807) is 0 Å². The van der Waals surface area contributed by atoms with E-state index in [1.165, 1.54) is 0 Å². The molecule has 0 bridgehead atoms. The van der Waals surface area contributed by atoms with Gasteiger partial charge < -0.3 is 15.7 Å². The molecule has 12 heavy (non-hydrogen) atoms. The number of nitrogens with two attached hydrogens (primary N) is 1. The van der Waals surface area contributed by atoms with Gasteiger partial charge in [-0.15, -0.1) is 0 Å². The molecule has 1 aliphatic heterocycles. The molecular weight excluding hydrogens is 163 g/mol. The van der Waals surface area contributed by atoms with Crippen LogP contribution in [0.15, 0.2) is 0 Å². The van der Waals surface area contributed by atoms with Crippen molar-refractivity contribution in [1.29, 1.82) is 0 Å². The van der Waals surface area contributed by atoms with E-state index in [2.05, 4.69) is 0 Å². The van der Waals surface area contributed by atoms with Crippen molar-refractivity contribution in [1.82, 2.24) is 4.90 Å². The summed E-state index contributed by atoms with van der Waals surface area (Å²) < 4.78 is 13.1. The van der Waals surface area contributed by atoms with E-state index in [9.17, 15) is 9.18 Å². The van der Waals surface area contributed by atoms with Gasteiger partial charge in [0.2, 0.25) is 0 Å². The Morgan fingerprint density at radius 1 is 1.75 bits per heavy atom. The maximum absolute atomic E-state index is 13.1. The number of alkyl halides is 1. The summed E-state index contributed by atoms with van der Waals surface area (Å²) in [6, 6.07) is 0. The summed E-state index contributed by atoms with van der Waals surface area (Å²) >= 11 is 0. The lowest BCUT2D eigenvalue weighted by Crippen LogP contribution is -2.46. The van der Waals surface area contributed by atoms with Gasteiger partial charge in [-0.25, -0.2) is 9.18 Å². The number of carboxylic acid groups (broad SMARTS) is 1. The molecule has 3 N–H and O–H groups in total. The molecule has 0 unspecified atom stereocenters. The first-order chi connectivity index (χ1) is 5.65. The third kappa shape index (κ3) is 1.85. The zero-order valence-corrected chi connectivity index (χ0v) is 6.74. The molecule has 0 aromatic carbocycles. The molecule has 2 atom stereocenters. The van der Waals surface area contributed by atoms with Gasteiger partial charge in [0.15, 0.2) is 0 Å². The van der Waals surface area contributed by atoms with Gasteiger partial charge in [0, 0.05) is 12.5 Å². The molecule has 1 heterocycles. The van der Waals surface area contributed by atoms with Crippen molar-refractivity contribution in [3.05, 3.63) is 0 Å². The minimum absolute atomic E-state index is 0.0306. The van der Waals surface area contributed by atoms with Crippen LogP contribution in [0.25, 0.3) is 0 Å². The minimum atomic E-state index is -1.10. The Morgan fingerprint density at radius 2 is 2.42 bits per heavy atom. The van der Waals surface area contributed by atoms with E-state index in [0.29, 0.717) is 19.5 Å². The smallest absolute Gasteiger partial charge is 0.407 e. The molecular formula is C7H13FN2O2. The molecule has 0 aromatic rings. The molecule has 0 aliphatic carbocycles. The summed E-state index contributed by atoms with van der Waals surface area (Å²) in [5, 5.41) is 8.54. The van der Waals surface area contributed by atoms with Crippen molar-refractivity contribution in [3.8, 4) is 0 Å². The lowest BCUT2D eigenvalue weighted by Gasteiger charge is -2.32. The summed E-state index contributed by atoms with van der Waals surface area (Å²) in [6.45, 7) is 0.670. The van der Waals surface area contributed by atoms with Crippen LogP contribution in [-0.2, 0) is 0 Å². The van der Waals surface area contributed by atoms with E-state index >= 15 is 0 Å². The first-order valence-electron chi connectivity index (χ1n) is 3.97. The SMILES string of the molecule is NC[C@H]1CCN(C(=O)O)C[C@H]1F. The van der Waals surface area contributed by atoms with Crippen molar-refractivity contribution >= 4 is 6.09 Å². The average Bonchev–Trinajstić information content (AvgIpc) is 2.04. The van der Waals surface area contributed by atoms with Gasteiger partial charge >= 0.3 is 6.09 Å². The first-order valence-corrected chi connectivity index (χ1v) is 3.97. The van der Waals surface area contributed by atoms with Gasteiger partial charge in [0.25, 0.3) is 0 Å². The predicted octanol–water partition coefficient (Wildman–Crippen LogP) is 0.283. The van der Waals surface area contributed by atoms with E-state index in [1.807, 2.05) is 0 Å². The fourth-order valence-electron chi connectivity index (χ4n) is 1.39. The fraction of sp³-hybridized carbons (Fsp3) is 0.857. The van der Waals surface area contributed by atoms with Crippen molar-refractivity contribution in [3.63, 3.8) is 0 Å². The van der Waals surface area contributed by atoms with Gasteiger partial charge in [0.1, 0.15) is 6.17 Å². The third-order valence-corrected chi connectivity index (χ3v) is 2.25. The molecule has 1 rings (SSSR count). The normalized spacial score (nSPS) is 30.3. The van der Waals surface area contributed by atoms with Gasteiger partial charge in [-0.2, -0.15) is 0 Å². The summed E-state index contributed by atoms with van der Waals surface area (Å²) in [5.41, 5.74) is 5.31. The number of hydrogen-bond donors (Lipinski definition) is 2. The zero-order valence-electron chi connectivity index (χ0n) is 6.74. The highest BCUT2D eigenvalue weighted by atomic mass is 19.1. The second kappa shape index (κ2) is 3.71. The Kier molecular flexibility index (Phi) is 2.86. The van der Waals surface area contributed by atoms with Crippen LogP contribution >= 0.6 is 0 Å². The first kappa shape index (κ1) is 9.25. The lowest BCUT2D eigenvalue weighted by molar-refractivity contribution is 0.0786. The molecule has 70 valence electrons. The number of amides is 1. The van der Waals surface area contributed by atoms with Crippen LogP contribution in [0.3, 0.4) is 0 Å². The summed E-state index contributed by atoms with van der Waals surface area (Å²) in [4.78, 5) is 11.5. The van der Waals surface area contributed by atoms with Crippen molar-refractivity contribution < 1.29 is 14.3 Å². The molecule has 4 nitrogen and oxygen atoms in total. The van der Waals surface area contributed by atoms with E-state index in [4.69, 9.17) is 10.8 Å². The monoisotopic (exact) mass is 176 g/mol. The van der Waals surface area contributed by atoms with Crippen LogP contribution in [0.5, 0.6) is 0 Å². The predicted molar refractivity (Wildman–Crippen MR) is 41.7 cm³/mol. The molecule has 1 amide bonds. The Morgan fingerprint density at radius 3 is 2.83 bits per heavy atom. The van der Waals surface area contributed by atoms with Crippen LogP contribution in [-0.4, -0.2) is 41.9 Å². The summed E-state index contributed by atoms with van der Waals surface area (Å²) in [6.07, 6.45) is -1.61. The Labute approximate surface area is 70.1 Å². The Balaban J connectivity index is 2.46. The van der Waals surface area contributed by atoms with Gasteiger partial charge in [0.05, 0.1) is 6.54 Å². The molecule has 1 aliphatic rings. The van der Waals surface area contributed by atoms with Crippen molar-refractivity contribution in [2.24, 2.45) is 11.7 Å². The van der Waals surface area contributed by atoms with Crippen molar-refractivity contribution in [2.75, 3.05) is 19.6 Å². The van der Waals surface area contributed by atoms with Crippen molar-refractivity contribution in [2.45, 2.75) is 12.6 Å². The van der Waals surface area contributed by atoms with Gasteiger partial charge in [-0.1, -0.05) is 0 Å². The molecule has 0 spiro atoms. The maximum Gasteiger partial charge on any atom is 0.407 e. The second-order valence-electron chi connectivity index (χ2n) is 3.03. The number of likely N-dealkylation sites (tertiary alicyclic amines) is 1.